The topological polar surface area (TPSA) is 50.4 Å². The molecule has 4 nitrogen and oxygen atoms in total. The highest BCUT2D eigenvalue weighted by atomic mass is 16.5. The van der Waals surface area contributed by atoms with Crippen LogP contribution in [0.25, 0.3) is 0 Å². The van der Waals surface area contributed by atoms with Crippen molar-refractivity contribution in [3.63, 3.8) is 0 Å². The van der Waals surface area contributed by atoms with Crippen LogP contribution in [0.2, 0.25) is 0 Å². The van der Waals surface area contributed by atoms with E-state index in [4.69, 9.17) is 4.74 Å². The lowest BCUT2D eigenvalue weighted by atomic mass is 10.0. The van der Waals surface area contributed by atoms with Crippen LogP contribution >= 0.6 is 0 Å². The van der Waals surface area contributed by atoms with Gasteiger partial charge >= 0.3 is 0 Å². The molecule has 0 saturated heterocycles. The normalized spacial score (nSPS) is 10.4. The van der Waals surface area contributed by atoms with Crippen LogP contribution in [0.15, 0.2) is 42.5 Å². The molecule has 0 saturated carbocycles. The van der Waals surface area contributed by atoms with Gasteiger partial charge in [0.25, 0.3) is 0 Å². The van der Waals surface area contributed by atoms with Gasteiger partial charge in [0.15, 0.2) is 0 Å². The number of aryl methyl sites for hydroxylation is 2. The molecule has 0 fully saturated rings. The van der Waals surface area contributed by atoms with Gasteiger partial charge in [-0.2, -0.15) is 0 Å². The van der Waals surface area contributed by atoms with E-state index in [-0.39, 0.29) is 5.91 Å². The summed E-state index contributed by atoms with van der Waals surface area (Å²) in [6, 6.07) is 14.1. The number of carbonyl (C=O) groups is 1. The molecular formula is C21H28N2O2. The van der Waals surface area contributed by atoms with Gasteiger partial charge in [-0.1, -0.05) is 50.2 Å². The number of ether oxygens (including phenoxy) is 1. The molecule has 0 aliphatic rings. The number of methoxy groups -OCH3 is 1. The van der Waals surface area contributed by atoms with Gasteiger partial charge in [0.1, 0.15) is 5.75 Å². The Morgan fingerprint density at radius 2 is 1.60 bits per heavy atom. The van der Waals surface area contributed by atoms with Crippen molar-refractivity contribution < 1.29 is 9.53 Å². The highest BCUT2D eigenvalue weighted by Crippen LogP contribution is 2.22. The van der Waals surface area contributed by atoms with Crippen molar-refractivity contribution in [1.29, 1.82) is 0 Å². The quantitative estimate of drug-likeness (QED) is 0.727. The summed E-state index contributed by atoms with van der Waals surface area (Å²) in [5.74, 6) is 0.829. The lowest BCUT2D eigenvalue weighted by Gasteiger charge is -2.15. The SMILES string of the molecule is CCc1cccc(CC)c1NCCC(=O)NCc1ccccc1OC. The molecule has 0 atom stereocenters. The van der Waals surface area contributed by atoms with E-state index in [0.717, 1.165) is 24.2 Å². The number of rotatable bonds is 9. The van der Waals surface area contributed by atoms with Crippen molar-refractivity contribution in [3.8, 4) is 5.75 Å². The number of hydrogen-bond acceptors (Lipinski definition) is 3. The minimum absolute atomic E-state index is 0.0328. The predicted molar refractivity (Wildman–Crippen MR) is 103 cm³/mol. The van der Waals surface area contributed by atoms with Crippen LogP contribution in [-0.4, -0.2) is 19.6 Å². The monoisotopic (exact) mass is 340 g/mol. The molecule has 2 aromatic carbocycles. The zero-order valence-electron chi connectivity index (χ0n) is 15.4. The van der Waals surface area contributed by atoms with Crippen molar-refractivity contribution in [2.24, 2.45) is 0 Å². The van der Waals surface area contributed by atoms with Crippen LogP contribution in [0.3, 0.4) is 0 Å². The summed E-state index contributed by atoms with van der Waals surface area (Å²) in [7, 11) is 1.64. The lowest BCUT2D eigenvalue weighted by molar-refractivity contribution is -0.121. The summed E-state index contributed by atoms with van der Waals surface area (Å²) in [4.78, 5) is 12.1. The van der Waals surface area contributed by atoms with Crippen LogP contribution in [-0.2, 0) is 24.2 Å². The first-order chi connectivity index (χ1) is 12.2. The molecule has 1 amide bonds. The molecule has 134 valence electrons. The number of nitrogens with one attached hydrogen (secondary N) is 2. The molecule has 0 unspecified atom stereocenters. The van der Waals surface area contributed by atoms with Gasteiger partial charge in [-0.15, -0.1) is 0 Å². The first kappa shape index (κ1) is 18.8. The van der Waals surface area contributed by atoms with E-state index in [1.807, 2.05) is 24.3 Å². The molecule has 0 bridgehead atoms. The molecule has 25 heavy (non-hydrogen) atoms. The predicted octanol–water partition coefficient (Wildman–Crippen LogP) is 3.94. The second-order valence-corrected chi connectivity index (χ2v) is 5.92. The molecule has 0 radical (unpaired) electrons. The van der Waals surface area contributed by atoms with Gasteiger partial charge in [0.05, 0.1) is 7.11 Å². The average Bonchev–Trinajstić information content (AvgIpc) is 2.66. The molecule has 4 heteroatoms. The third kappa shape index (κ3) is 5.24. The van der Waals surface area contributed by atoms with Crippen molar-refractivity contribution in [2.75, 3.05) is 19.0 Å². The molecular weight excluding hydrogens is 312 g/mol. The third-order valence-corrected chi connectivity index (χ3v) is 4.32. The van der Waals surface area contributed by atoms with Crippen molar-refractivity contribution >= 4 is 11.6 Å². The minimum atomic E-state index is 0.0328. The van der Waals surface area contributed by atoms with Crippen LogP contribution in [0.4, 0.5) is 5.69 Å². The number of para-hydroxylation sites is 2. The maximum atomic E-state index is 12.1. The van der Waals surface area contributed by atoms with Crippen LogP contribution < -0.4 is 15.4 Å². The van der Waals surface area contributed by atoms with E-state index in [0.29, 0.717) is 19.5 Å². The maximum Gasteiger partial charge on any atom is 0.222 e. The second-order valence-electron chi connectivity index (χ2n) is 5.92. The van der Waals surface area contributed by atoms with Crippen LogP contribution in [0.5, 0.6) is 5.75 Å². The molecule has 0 aliphatic heterocycles. The fourth-order valence-corrected chi connectivity index (χ4v) is 2.90. The minimum Gasteiger partial charge on any atom is -0.496 e. The standard InChI is InChI=1S/C21H28N2O2/c1-4-16-10-8-11-17(5-2)21(16)22-14-13-20(24)23-15-18-9-6-7-12-19(18)25-3/h6-12,22H,4-5,13-15H2,1-3H3,(H,23,24). The average molecular weight is 340 g/mol. The summed E-state index contributed by atoms with van der Waals surface area (Å²) in [6.07, 6.45) is 2.41. The Morgan fingerprint density at radius 3 is 2.24 bits per heavy atom. The Labute approximate surface area is 150 Å². The van der Waals surface area contributed by atoms with Gasteiger partial charge < -0.3 is 15.4 Å². The Bertz CT molecular complexity index is 676. The molecule has 2 rings (SSSR count). The first-order valence-corrected chi connectivity index (χ1v) is 8.92. The number of amides is 1. The van der Waals surface area contributed by atoms with Gasteiger partial charge in [-0.25, -0.2) is 0 Å². The number of carbonyl (C=O) groups excluding carboxylic acids is 1. The van der Waals surface area contributed by atoms with Gasteiger partial charge in [0, 0.05) is 30.8 Å². The zero-order valence-corrected chi connectivity index (χ0v) is 15.4. The van der Waals surface area contributed by atoms with Crippen molar-refractivity contribution in [1.82, 2.24) is 5.32 Å². The molecule has 0 spiro atoms. The molecule has 2 aromatic rings. The summed E-state index contributed by atoms with van der Waals surface area (Å²) in [5.41, 5.74) is 4.77. The van der Waals surface area contributed by atoms with Gasteiger partial charge in [-0.05, 0) is 30.0 Å². The Balaban J connectivity index is 1.85. The summed E-state index contributed by atoms with van der Waals surface area (Å²) in [6.45, 7) is 5.41. The van der Waals surface area contributed by atoms with E-state index in [1.54, 1.807) is 7.11 Å². The summed E-state index contributed by atoms with van der Waals surface area (Å²) >= 11 is 0. The van der Waals surface area contributed by atoms with Gasteiger partial charge in [-0.3, -0.25) is 4.79 Å². The van der Waals surface area contributed by atoms with Crippen LogP contribution in [0, 0.1) is 0 Å². The largest absolute Gasteiger partial charge is 0.496 e. The number of hydrogen-bond donors (Lipinski definition) is 2. The lowest BCUT2D eigenvalue weighted by Crippen LogP contribution is -2.25. The molecule has 2 N–H and O–H groups in total. The Kier molecular flexibility index (Phi) is 7.33. The Morgan fingerprint density at radius 1 is 0.960 bits per heavy atom. The van der Waals surface area contributed by atoms with Crippen molar-refractivity contribution in [3.05, 3.63) is 59.2 Å². The third-order valence-electron chi connectivity index (χ3n) is 4.32. The van der Waals surface area contributed by atoms with E-state index in [1.165, 1.54) is 16.8 Å². The number of anilines is 1. The van der Waals surface area contributed by atoms with Crippen LogP contribution in [0.1, 0.15) is 37.0 Å². The van der Waals surface area contributed by atoms with E-state index in [2.05, 4.69) is 42.7 Å². The fourth-order valence-electron chi connectivity index (χ4n) is 2.90. The fraction of sp³-hybridized carbons (Fsp3) is 0.381. The first-order valence-electron chi connectivity index (χ1n) is 8.92. The van der Waals surface area contributed by atoms with E-state index < -0.39 is 0 Å². The maximum absolute atomic E-state index is 12.1. The van der Waals surface area contributed by atoms with E-state index in [9.17, 15) is 4.79 Å². The van der Waals surface area contributed by atoms with E-state index >= 15 is 0 Å². The highest BCUT2D eigenvalue weighted by molar-refractivity contribution is 5.76. The molecule has 0 aliphatic carbocycles. The summed E-state index contributed by atoms with van der Waals surface area (Å²) in [5, 5.41) is 6.41. The van der Waals surface area contributed by atoms with Gasteiger partial charge in [0.2, 0.25) is 5.91 Å². The highest BCUT2D eigenvalue weighted by Gasteiger charge is 2.08. The number of benzene rings is 2. The summed E-state index contributed by atoms with van der Waals surface area (Å²) < 4.78 is 5.30. The zero-order chi connectivity index (χ0) is 18.1. The second kappa shape index (κ2) is 9.72. The van der Waals surface area contributed by atoms with Crippen molar-refractivity contribution in [2.45, 2.75) is 39.7 Å². The smallest absolute Gasteiger partial charge is 0.222 e. The Hall–Kier alpha value is -2.49. The molecule has 0 aromatic heterocycles. The molecule has 0 heterocycles.